The van der Waals surface area contributed by atoms with Gasteiger partial charge in [0.1, 0.15) is 11.1 Å². The number of carboxylic acid groups (broad SMARTS) is 1. The zero-order chi connectivity index (χ0) is 19.6. The first kappa shape index (κ1) is 18.9. The highest BCUT2D eigenvalue weighted by atomic mass is 32.1. The van der Waals surface area contributed by atoms with Crippen LogP contribution in [0.2, 0.25) is 0 Å². The predicted molar refractivity (Wildman–Crippen MR) is 110 cm³/mol. The number of nitriles is 1. The van der Waals surface area contributed by atoms with Crippen LogP contribution in [0.1, 0.15) is 32.6 Å². The Balaban J connectivity index is 1.77. The van der Waals surface area contributed by atoms with Gasteiger partial charge in [-0.25, -0.2) is 4.79 Å². The van der Waals surface area contributed by atoms with Gasteiger partial charge in [-0.05, 0) is 43.2 Å². The number of para-hydroxylation sites is 1. The van der Waals surface area contributed by atoms with Gasteiger partial charge in [-0.3, -0.25) is 0 Å². The van der Waals surface area contributed by atoms with Crippen LogP contribution in [0.4, 0.5) is 5.69 Å². The normalized spacial score (nSPS) is 14.0. The number of thiocarbonyl (C=S) groups is 1. The van der Waals surface area contributed by atoms with E-state index in [0.29, 0.717) is 16.1 Å². The molecule has 0 saturated carbocycles. The second kappa shape index (κ2) is 7.77. The maximum atomic E-state index is 11.5. The number of carbonyl (C=O) groups is 1. The van der Waals surface area contributed by atoms with Crippen molar-refractivity contribution < 1.29 is 9.90 Å². The van der Waals surface area contributed by atoms with Crippen molar-refractivity contribution in [2.45, 2.75) is 13.8 Å². The molecule has 0 unspecified atom stereocenters. The van der Waals surface area contributed by atoms with Crippen molar-refractivity contribution >= 4 is 28.9 Å². The minimum Gasteiger partial charge on any atom is -0.478 e. The summed E-state index contributed by atoms with van der Waals surface area (Å²) in [7, 11) is 0. The standard InChI is InChI=1S/C21H21N3O2S/c1-14-11-15(2)18(21(25)26)12-17(14)20(27)24-9-7-23(8-10-24)19-6-4-3-5-16(19)13-22/h3-6,11-12H,7-10H2,1-2H3,(H,25,26). The summed E-state index contributed by atoms with van der Waals surface area (Å²) in [5, 5.41) is 18.7. The molecule has 0 radical (unpaired) electrons. The van der Waals surface area contributed by atoms with Crippen molar-refractivity contribution in [3.63, 3.8) is 0 Å². The number of aryl methyl sites for hydroxylation is 2. The fourth-order valence-electron chi connectivity index (χ4n) is 3.48. The van der Waals surface area contributed by atoms with Crippen LogP contribution in [0, 0.1) is 25.2 Å². The molecule has 2 aromatic carbocycles. The average molecular weight is 379 g/mol. The number of benzene rings is 2. The molecule has 0 bridgehead atoms. The molecule has 0 aromatic heterocycles. The highest BCUT2D eigenvalue weighted by Gasteiger charge is 2.23. The fraction of sp³-hybridized carbons (Fsp3) is 0.286. The van der Waals surface area contributed by atoms with Crippen molar-refractivity contribution in [1.82, 2.24) is 4.90 Å². The van der Waals surface area contributed by atoms with Gasteiger partial charge in [0, 0.05) is 31.7 Å². The lowest BCUT2D eigenvalue weighted by Crippen LogP contribution is -2.48. The van der Waals surface area contributed by atoms with E-state index in [9.17, 15) is 15.2 Å². The molecule has 1 aliphatic rings. The Bertz CT molecular complexity index is 941. The molecule has 0 spiro atoms. The van der Waals surface area contributed by atoms with Crippen LogP contribution in [-0.4, -0.2) is 47.1 Å². The third-order valence-electron chi connectivity index (χ3n) is 4.96. The Morgan fingerprint density at radius 2 is 1.70 bits per heavy atom. The molecule has 1 N–H and O–H groups in total. The van der Waals surface area contributed by atoms with Crippen LogP contribution in [0.15, 0.2) is 36.4 Å². The van der Waals surface area contributed by atoms with Crippen LogP contribution in [-0.2, 0) is 0 Å². The van der Waals surface area contributed by atoms with E-state index in [2.05, 4.69) is 15.9 Å². The molecule has 138 valence electrons. The van der Waals surface area contributed by atoms with Crippen molar-refractivity contribution in [2.75, 3.05) is 31.1 Å². The Hall–Kier alpha value is -2.91. The van der Waals surface area contributed by atoms with E-state index in [4.69, 9.17) is 12.2 Å². The summed E-state index contributed by atoms with van der Waals surface area (Å²) in [5.74, 6) is -0.936. The van der Waals surface area contributed by atoms with Crippen LogP contribution in [0.5, 0.6) is 0 Å². The number of nitrogens with zero attached hydrogens (tertiary/aromatic N) is 3. The van der Waals surface area contributed by atoms with Crippen LogP contribution >= 0.6 is 12.2 Å². The van der Waals surface area contributed by atoms with Crippen LogP contribution in [0.3, 0.4) is 0 Å². The maximum Gasteiger partial charge on any atom is 0.335 e. The number of rotatable bonds is 3. The largest absolute Gasteiger partial charge is 0.478 e. The molecule has 3 rings (SSSR count). The second-order valence-electron chi connectivity index (χ2n) is 6.70. The lowest BCUT2D eigenvalue weighted by molar-refractivity contribution is 0.0696. The lowest BCUT2D eigenvalue weighted by atomic mass is 9.99. The van der Waals surface area contributed by atoms with Gasteiger partial charge in [0.2, 0.25) is 0 Å². The lowest BCUT2D eigenvalue weighted by Gasteiger charge is -2.38. The summed E-state index contributed by atoms with van der Waals surface area (Å²) in [6.07, 6.45) is 0. The molecule has 0 amide bonds. The van der Waals surface area contributed by atoms with Gasteiger partial charge in [-0.2, -0.15) is 5.26 Å². The molecule has 2 aromatic rings. The van der Waals surface area contributed by atoms with Gasteiger partial charge in [0.25, 0.3) is 0 Å². The van der Waals surface area contributed by atoms with E-state index in [1.807, 2.05) is 37.3 Å². The highest BCUT2D eigenvalue weighted by molar-refractivity contribution is 7.80. The average Bonchev–Trinajstić information content (AvgIpc) is 2.67. The Morgan fingerprint density at radius 1 is 1.07 bits per heavy atom. The molecule has 0 aliphatic carbocycles. The summed E-state index contributed by atoms with van der Waals surface area (Å²) in [6, 6.07) is 13.4. The zero-order valence-electron chi connectivity index (χ0n) is 15.4. The molecule has 27 heavy (non-hydrogen) atoms. The summed E-state index contributed by atoms with van der Waals surface area (Å²) in [5.41, 5.74) is 4.45. The first-order valence-corrected chi connectivity index (χ1v) is 9.21. The molecule has 1 saturated heterocycles. The third kappa shape index (κ3) is 3.79. The third-order valence-corrected chi connectivity index (χ3v) is 5.44. The number of carboxylic acids is 1. The molecule has 0 atom stereocenters. The van der Waals surface area contributed by atoms with E-state index >= 15 is 0 Å². The summed E-state index contributed by atoms with van der Waals surface area (Å²) in [4.78, 5) is 16.5. The molecular weight excluding hydrogens is 358 g/mol. The predicted octanol–water partition coefficient (Wildman–Crippen LogP) is 3.37. The number of hydrogen-bond acceptors (Lipinski definition) is 4. The molecule has 1 aliphatic heterocycles. The minimum absolute atomic E-state index is 0.291. The minimum atomic E-state index is -0.936. The first-order chi connectivity index (χ1) is 12.9. The van der Waals surface area contributed by atoms with Crippen molar-refractivity contribution in [2.24, 2.45) is 0 Å². The molecule has 5 nitrogen and oxygen atoms in total. The maximum absolute atomic E-state index is 11.5. The Morgan fingerprint density at radius 3 is 2.33 bits per heavy atom. The molecule has 6 heteroatoms. The monoisotopic (exact) mass is 379 g/mol. The van der Waals surface area contributed by atoms with Gasteiger partial charge in [0.05, 0.1) is 16.8 Å². The van der Waals surface area contributed by atoms with Crippen molar-refractivity contribution in [3.05, 3.63) is 64.2 Å². The van der Waals surface area contributed by atoms with Gasteiger partial charge in [-0.15, -0.1) is 0 Å². The molecule has 1 heterocycles. The Labute approximate surface area is 164 Å². The molecular formula is C21H21N3O2S. The van der Waals surface area contributed by atoms with E-state index in [0.717, 1.165) is 48.6 Å². The molecule has 1 fully saturated rings. The zero-order valence-corrected chi connectivity index (χ0v) is 16.2. The summed E-state index contributed by atoms with van der Waals surface area (Å²) in [6.45, 7) is 6.74. The van der Waals surface area contributed by atoms with Gasteiger partial charge < -0.3 is 14.9 Å². The number of hydrogen-bond donors (Lipinski definition) is 1. The van der Waals surface area contributed by atoms with E-state index in [1.54, 1.807) is 13.0 Å². The summed E-state index contributed by atoms with van der Waals surface area (Å²) >= 11 is 5.68. The van der Waals surface area contributed by atoms with Crippen LogP contribution < -0.4 is 4.90 Å². The van der Waals surface area contributed by atoms with Gasteiger partial charge >= 0.3 is 5.97 Å². The Kier molecular flexibility index (Phi) is 5.43. The number of aromatic carboxylic acids is 1. The van der Waals surface area contributed by atoms with E-state index in [1.165, 1.54) is 0 Å². The number of piperazine rings is 1. The SMILES string of the molecule is Cc1cc(C)c(C(=S)N2CCN(c3ccccc3C#N)CC2)cc1C(=O)O. The van der Waals surface area contributed by atoms with Crippen molar-refractivity contribution in [1.29, 1.82) is 5.26 Å². The summed E-state index contributed by atoms with van der Waals surface area (Å²) < 4.78 is 0. The topological polar surface area (TPSA) is 67.6 Å². The first-order valence-electron chi connectivity index (χ1n) is 8.80. The highest BCUT2D eigenvalue weighted by Crippen LogP contribution is 2.23. The second-order valence-corrected chi connectivity index (χ2v) is 7.08. The van der Waals surface area contributed by atoms with Crippen molar-refractivity contribution in [3.8, 4) is 6.07 Å². The van der Waals surface area contributed by atoms with E-state index in [-0.39, 0.29) is 0 Å². The van der Waals surface area contributed by atoms with Gasteiger partial charge in [-0.1, -0.05) is 30.4 Å². The van der Waals surface area contributed by atoms with Crippen LogP contribution in [0.25, 0.3) is 0 Å². The van der Waals surface area contributed by atoms with E-state index < -0.39 is 5.97 Å². The fourth-order valence-corrected chi connectivity index (χ4v) is 3.88. The number of anilines is 1. The smallest absolute Gasteiger partial charge is 0.335 e. The quantitative estimate of drug-likeness (QED) is 0.825. The van der Waals surface area contributed by atoms with Gasteiger partial charge in [0.15, 0.2) is 0 Å².